The molecule has 1 N–H and O–H groups in total. The number of nitro benzene ring substituents is 1. The molecule has 5 nitrogen and oxygen atoms in total. The van der Waals surface area contributed by atoms with E-state index >= 15 is 0 Å². The van der Waals surface area contributed by atoms with E-state index in [4.69, 9.17) is 0 Å². The zero-order valence-corrected chi connectivity index (χ0v) is 11.9. The van der Waals surface area contributed by atoms with Crippen molar-refractivity contribution in [2.45, 2.75) is 17.7 Å². The first-order chi connectivity index (χ1) is 9.70. The number of benzene rings is 1. The molecule has 2 rings (SSSR count). The van der Waals surface area contributed by atoms with Crippen molar-refractivity contribution in [2.75, 3.05) is 11.9 Å². The van der Waals surface area contributed by atoms with E-state index in [1.165, 1.54) is 0 Å². The average Bonchev–Trinajstić information content (AvgIpc) is 2.46. The predicted octanol–water partition coefficient (Wildman–Crippen LogP) is 3.71. The van der Waals surface area contributed by atoms with E-state index in [-0.39, 0.29) is 10.6 Å². The first kappa shape index (κ1) is 14.3. The summed E-state index contributed by atoms with van der Waals surface area (Å²) >= 11 is 1.61. The lowest BCUT2D eigenvalue weighted by Gasteiger charge is -2.07. The highest BCUT2D eigenvalue weighted by Gasteiger charge is 2.13. The highest BCUT2D eigenvalue weighted by atomic mass is 32.2. The van der Waals surface area contributed by atoms with Crippen LogP contribution in [0.15, 0.2) is 47.6 Å². The van der Waals surface area contributed by atoms with E-state index in [1.54, 1.807) is 30.1 Å². The molecule has 1 heterocycles. The molecule has 0 saturated heterocycles. The van der Waals surface area contributed by atoms with Gasteiger partial charge in [-0.05, 0) is 30.7 Å². The number of nitrogens with zero attached hydrogens (tertiary/aromatic N) is 2. The van der Waals surface area contributed by atoms with Crippen LogP contribution in [0.5, 0.6) is 0 Å². The highest BCUT2D eigenvalue weighted by Crippen LogP contribution is 2.28. The molecular formula is C14H15N3O2S. The van der Waals surface area contributed by atoms with Gasteiger partial charge in [0.25, 0.3) is 5.69 Å². The summed E-state index contributed by atoms with van der Waals surface area (Å²) in [6.45, 7) is 2.57. The second kappa shape index (κ2) is 6.91. The molecule has 2 aromatic rings. The van der Waals surface area contributed by atoms with Crippen molar-refractivity contribution >= 4 is 23.1 Å². The number of rotatable bonds is 6. The molecule has 0 aliphatic carbocycles. The van der Waals surface area contributed by atoms with Crippen LogP contribution in [0.1, 0.15) is 12.5 Å². The molecular weight excluding hydrogens is 274 g/mol. The van der Waals surface area contributed by atoms with Crippen molar-refractivity contribution in [1.29, 1.82) is 0 Å². The number of anilines is 1. The Kier molecular flexibility index (Phi) is 4.95. The summed E-state index contributed by atoms with van der Waals surface area (Å²) in [5, 5.41) is 14.9. The van der Waals surface area contributed by atoms with Gasteiger partial charge in [0.15, 0.2) is 0 Å². The van der Waals surface area contributed by atoms with Gasteiger partial charge in [-0.25, -0.2) is 4.98 Å². The van der Waals surface area contributed by atoms with Crippen molar-refractivity contribution in [3.8, 4) is 0 Å². The number of hydrogen-bond donors (Lipinski definition) is 1. The number of thioether (sulfide) groups is 1. The lowest BCUT2D eigenvalue weighted by atomic mass is 10.2. The summed E-state index contributed by atoms with van der Waals surface area (Å²) in [5.74, 6) is 0.730. The monoisotopic (exact) mass is 289 g/mol. The van der Waals surface area contributed by atoms with Crippen molar-refractivity contribution in [3.63, 3.8) is 0 Å². The van der Waals surface area contributed by atoms with E-state index < -0.39 is 0 Å². The third-order valence-corrected chi connectivity index (χ3v) is 3.66. The number of nitro groups is 1. The molecule has 0 atom stereocenters. The molecule has 0 aliphatic rings. The Morgan fingerprint density at radius 3 is 2.85 bits per heavy atom. The Labute approximate surface area is 121 Å². The highest BCUT2D eigenvalue weighted by molar-refractivity contribution is 7.98. The van der Waals surface area contributed by atoms with Gasteiger partial charge in [0.2, 0.25) is 0 Å². The smallest absolute Gasteiger partial charge is 0.292 e. The Hall–Kier alpha value is -2.08. The Balaban J connectivity index is 2.12. The SMILES string of the molecule is CCNc1cc(CSc2ccccn2)ccc1[N+](=O)[O-]. The standard InChI is InChI=1S/C14H15N3O2S/c1-2-15-12-9-11(6-7-13(12)17(18)19)10-20-14-5-3-4-8-16-14/h3-9,15H,2,10H2,1H3. The lowest BCUT2D eigenvalue weighted by molar-refractivity contribution is -0.384. The molecule has 0 fully saturated rings. The van der Waals surface area contributed by atoms with Gasteiger partial charge in [-0.3, -0.25) is 10.1 Å². The predicted molar refractivity (Wildman–Crippen MR) is 81.1 cm³/mol. The molecule has 0 radical (unpaired) electrons. The van der Waals surface area contributed by atoms with Gasteiger partial charge in [-0.1, -0.05) is 12.1 Å². The minimum absolute atomic E-state index is 0.110. The largest absolute Gasteiger partial charge is 0.380 e. The zero-order valence-electron chi connectivity index (χ0n) is 11.1. The first-order valence-electron chi connectivity index (χ1n) is 6.25. The minimum Gasteiger partial charge on any atom is -0.380 e. The zero-order chi connectivity index (χ0) is 14.4. The van der Waals surface area contributed by atoms with Crippen LogP contribution in [-0.2, 0) is 5.75 Å². The van der Waals surface area contributed by atoms with Gasteiger partial charge in [0.05, 0.1) is 9.95 Å². The molecule has 0 bridgehead atoms. The van der Waals surface area contributed by atoms with Crippen LogP contribution in [0, 0.1) is 10.1 Å². The fourth-order valence-electron chi connectivity index (χ4n) is 1.75. The van der Waals surface area contributed by atoms with Crippen LogP contribution >= 0.6 is 11.8 Å². The lowest BCUT2D eigenvalue weighted by Crippen LogP contribution is -2.01. The second-order valence-electron chi connectivity index (χ2n) is 4.10. The van der Waals surface area contributed by atoms with Crippen LogP contribution in [-0.4, -0.2) is 16.5 Å². The molecule has 0 aliphatic heterocycles. The summed E-state index contributed by atoms with van der Waals surface area (Å²) in [5.41, 5.74) is 1.71. The quantitative estimate of drug-likeness (QED) is 0.499. The summed E-state index contributed by atoms with van der Waals surface area (Å²) in [6, 6.07) is 10.9. The van der Waals surface area contributed by atoms with Crippen molar-refractivity contribution in [3.05, 3.63) is 58.3 Å². The summed E-state index contributed by atoms with van der Waals surface area (Å²) in [7, 11) is 0. The molecule has 6 heteroatoms. The first-order valence-corrected chi connectivity index (χ1v) is 7.24. The number of aromatic nitrogens is 1. The molecule has 1 aromatic heterocycles. The van der Waals surface area contributed by atoms with Crippen LogP contribution in [0.3, 0.4) is 0 Å². The van der Waals surface area contributed by atoms with E-state index in [9.17, 15) is 10.1 Å². The summed E-state index contributed by atoms with van der Waals surface area (Å²) in [4.78, 5) is 14.8. The van der Waals surface area contributed by atoms with Gasteiger partial charge in [0, 0.05) is 24.6 Å². The van der Waals surface area contributed by atoms with E-state index in [0.29, 0.717) is 12.2 Å². The number of pyridine rings is 1. The maximum Gasteiger partial charge on any atom is 0.292 e. The normalized spacial score (nSPS) is 10.2. The third kappa shape index (κ3) is 3.71. The summed E-state index contributed by atoms with van der Waals surface area (Å²) < 4.78 is 0. The Bertz CT molecular complexity index is 590. The van der Waals surface area contributed by atoms with Gasteiger partial charge >= 0.3 is 0 Å². The van der Waals surface area contributed by atoms with Crippen molar-refractivity contribution in [1.82, 2.24) is 4.98 Å². The molecule has 1 aromatic carbocycles. The van der Waals surface area contributed by atoms with E-state index in [0.717, 1.165) is 16.3 Å². The molecule has 0 saturated carbocycles. The van der Waals surface area contributed by atoms with Crippen LogP contribution in [0.4, 0.5) is 11.4 Å². The third-order valence-electron chi connectivity index (χ3n) is 2.65. The van der Waals surface area contributed by atoms with E-state index in [2.05, 4.69) is 10.3 Å². The van der Waals surface area contributed by atoms with Gasteiger partial charge < -0.3 is 5.32 Å². The number of nitrogens with one attached hydrogen (secondary N) is 1. The number of hydrogen-bond acceptors (Lipinski definition) is 5. The topological polar surface area (TPSA) is 68.1 Å². The van der Waals surface area contributed by atoms with Gasteiger partial charge in [-0.15, -0.1) is 11.8 Å². The molecule has 0 unspecified atom stereocenters. The fraction of sp³-hybridized carbons (Fsp3) is 0.214. The van der Waals surface area contributed by atoms with Crippen molar-refractivity contribution < 1.29 is 4.92 Å². The molecule has 0 spiro atoms. The Morgan fingerprint density at radius 2 is 2.20 bits per heavy atom. The van der Waals surface area contributed by atoms with Gasteiger partial charge in [-0.2, -0.15) is 0 Å². The maximum absolute atomic E-state index is 10.9. The van der Waals surface area contributed by atoms with Crippen LogP contribution in [0.25, 0.3) is 0 Å². The Morgan fingerprint density at radius 1 is 1.35 bits per heavy atom. The van der Waals surface area contributed by atoms with Gasteiger partial charge in [0.1, 0.15) is 5.69 Å². The van der Waals surface area contributed by atoms with Crippen LogP contribution in [0.2, 0.25) is 0 Å². The molecule has 20 heavy (non-hydrogen) atoms. The van der Waals surface area contributed by atoms with Crippen molar-refractivity contribution in [2.24, 2.45) is 0 Å². The maximum atomic E-state index is 10.9. The van der Waals surface area contributed by atoms with Crippen LogP contribution < -0.4 is 5.32 Å². The second-order valence-corrected chi connectivity index (χ2v) is 5.09. The van der Waals surface area contributed by atoms with E-state index in [1.807, 2.05) is 31.2 Å². The molecule has 104 valence electrons. The molecule has 0 amide bonds. The summed E-state index contributed by atoms with van der Waals surface area (Å²) in [6.07, 6.45) is 1.75. The fourth-order valence-corrected chi connectivity index (χ4v) is 2.56. The average molecular weight is 289 g/mol. The minimum atomic E-state index is -0.367.